The number of rotatable bonds is 3. The molecule has 0 aromatic carbocycles. The summed E-state index contributed by atoms with van der Waals surface area (Å²) < 4.78 is 37.4. The molecule has 2 aromatic heterocycles. The lowest BCUT2D eigenvalue weighted by atomic mass is 10.3. The van der Waals surface area contributed by atoms with E-state index in [1.807, 2.05) is 0 Å². The van der Waals surface area contributed by atoms with E-state index in [-0.39, 0.29) is 11.5 Å². The molecule has 2 aromatic rings. The first-order valence-electron chi connectivity index (χ1n) is 5.20. The van der Waals surface area contributed by atoms with Crippen LogP contribution in [0, 0.1) is 5.21 Å². The van der Waals surface area contributed by atoms with Crippen molar-refractivity contribution in [2.24, 2.45) is 0 Å². The molecule has 0 amide bonds. The Kier molecular flexibility index (Phi) is 3.63. The largest absolute Gasteiger partial charge is 0.630 e. The van der Waals surface area contributed by atoms with Crippen molar-refractivity contribution in [3.05, 3.63) is 47.6 Å². The fourth-order valence-corrected chi connectivity index (χ4v) is 1.40. The van der Waals surface area contributed by atoms with E-state index >= 15 is 0 Å². The Balaban J connectivity index is 2.23. The normalized spacial score (nSPS) is 11.4. The van der Waals surface area contributed by atoms with Crippen LogP contribution < -0.4 is 10.8 Å². The van der Waals surface area contributed by atoms with Gasteiger partial charge in [0.15, 0.2) is 0 Å². The summed E-state index contributed by atoms with van der Waals surface area (Å²) in [5, 5.41) is 13.3. The maximum absolute atomic E-state index is 12.5. The lowest BCUT2D eigenvalue weighted by Crippen LogP contribution is -2.70. The van der Waals surface area contributed by atoms with Crippen LogP contribution in [0.1, 0.15) is 5.69 Å². The summed E-state index contributed by atoms with van der Waals surface area (Å²) in [6, 6.07) is 5.17. The van der Waals surface area contributed by atoms with Crippen molar-refractivity contribution in [3.63, 3.8) is 0 Å². The molecule has 8 heteroatoms. The molecular formula is C11H9F3N4O. The third-order valence-electron chi connectivity index (χ3n) is 2.24. The number of alkyl halides is 3. The first-order valence-corrected chi connectivity index (χ1v) is 5.20. The van der Waals surface area contributed by atoms with E-state index in [1.165, 1.54) is 24.4 Å². The third-order valence-corrected chi connectivity index (χ3v) is 2.24. The van der Waals surface area contributed by atoms with Crippen LogP contribution in [0.3, 0.4) is 0 Å². The van der Waals surface area contributed by atoms with Crippen LogP contribution in [0.4, 0.5) is 30.4 Å². The van der Waals surface area contributed by atoms with Gasteiger partial charge in [-0.15, -0.1) is 0 Å². The molecule has 0 spiro atoms. The second-order valence-electron chi connectivity index (χ2n) is 3.64. The molecule has 0 atom stereocenters. The molecular weight excluding hydrogens is 261 g/mol. The van der Waals surface area contributed by atoms with Gasteiger partial charge in [-0.2, -0.15) is 13.2 Å². The number of hydrogen-bond donors (Lipinski definition) is 2. The predicted molar refractivity (Wildman–Crippen MR) is 61.7 cm³/mol. The van der Waals surface area contributed by atoms with Gasteiger partial charge in [-0.05, 0) is 12.1 Å². The number of nitrogens with zero attached hydrogens (tertiary/aromatic N) is 2. The molecule has 0 fully saturated rings. The highest BCUT2D eigenvalue weighted by atomic mass is 19.4. The van der Waals surface area contributed by atoms with Crippen LogP contribution >= 0.6 is 0 Å². The molecule has 19 heavy (non-hydrogen) atoms. The maximum atomic E-state index is 12.5. The van der Waals surface area contributed by atoms with Gasteiger partial charge in [0.25, 0.3) is 0 Å². The minimum atomic E-state index is -4.50. The first kappa shape index (κ1) is 13.2. The van der Waals surface area contributed by atoms with Gasteiger partial charge in [0.1, 0.15) is 17.2 Å². The highest BCUT2D eigenvalue weighted by Crippen LogP contribution is 2.29. The number of nitrogens with one attached hydrogen (secondary N) is 1. The van der Waals surface area contributed by atoms with Crippen molar-refractivity contribution in [1.29, 1.82) is 0 Å². The summed E-state index contributed by atoms with van der Waals surface area (Å²) in [4.78, 5) is 7.15. The lowest BCUT2D eigenvalue weighted by molar-refractivity contribution is -0.497. The van der Waals surface area contributed by atoms with E-state index in [0.29, 0.717) is 11.2 Å². The summed E-state index contributed by atoms with van der Waals surface area (Å²) in [6.07, 6.45) is -2.07. The lowest BCUT2D eigenvalue weighted by Gasteiger charge is -2.09. The number of pyridine rings is 2. The van der Waals surface area contributed by atoms with Crippen molar-refractivity contribution in [3.8, 4) is 0 Å². The molecule has 2 rings (SSSR count). The molecule has 0 bridgehead atoms. The molecule has 0 aliphatic carbocycles. The van der Waals surface area contributed by atoms with E-state index in [1.54, 1.807) is 0 Å². The fraction of sp³-hybridized carbons (Fsp3) is 0.0909. The van der Waals surface area contributed by atoms with Gasteiger partial charge < -0.3 is 16.0 Å². The van der Waals surface area contributed by atoms with E-state index in [2.05, 4.69) is 15.3 Å². The highest BCUT2D eigenvalue weighted by Gasteiger charge is 2.32. The topological polar surface area (TPSA) is 77.5 Å². The van der Waals surface area contributed by atoms with Crippen molar-refractivity contribution in [2.45, 2.75) is 6.18 Å². The van der Waals surface area contributed by atoms with Crippen LogP contribution in [0.5, 0.6) is 0 Å². The number of anilines is 2. The first-order chi connectivity index (χ1) is 8.99. The molecule has 0 unspecified atom stereocenters. The minimum absolute atomic E-state index is 0.192. The second-order valence-corrected chi connectivity index (χ2v) is 3.64. The second kappa shape index (κ2) is 5.21. The van der Waals surface area contributed by atoms with E-state index in [4.69, 9.17) is 0 Å². The number of hydrogen-bond acceptors (Lipinski definition) is 4. The van der Waals surface area contributed by atoms with Gasteiger partial charge in [-0.25, -0.2) is 4.98 Å². The zero-order chi connectivity index (χ0) is 13.9. The third kappa shape index (κ3) is 3.39. The summed E-state index contributed by atoms with van der Waals surface area (Å²) >= 11 is 0. The molecule has 2 heterocycles. The number of nitrogens with two attached hydrogens (primary N) is 1. The Hall–Kier alpha value is -2.19. The number of quaternary nitrogens is 1. The van der Waals surface area contributed by atoms with Crippen molar-refractivity contribution in [2.75, 3.05) is 5.32 Å². The monoisotopic (exact) mass is 270 g/mol. The average molecular weight is 270 g/mol. The molecule has 0 saturated heterocycles. The molecule has 5 nitrogen and oxygen atoms in total. The zero-order valence-corrected chi connectivity index (χ0v) is 9.48. The van der Waals surface area contributed by atoms with Crippen molar-refractivity contribution < 1.29 is 18.7 Å². The summed E-state index contributed by atoms with van der Waals surface area (Å²) in [7, 11) is 0. The Morgan fingerprint density at radius 1 is 1.11 bits per heavy atom. The van der Waals surface area contributed by atoms with Gasteiger partial charge in [-0.1, -0.05) is 0 Å². The summed E-state index contributed by atoms with van der Waals surface area (Å²) in [5.74, 6) is 0.281. The van der Waals surface area contributed by atoms with Crippen LogP contribution in [-0.4, -0.2) is 9.97 Å². The average Bonchev–Trinajstić information content (AvgIpc) is 2.38. The van der Waals surface area contributed by atoms with Gasteiger partial charge in [0.05, 0.1) is 0 Å². The number of halogens is 3. The van der Waals surface area contributed by atoms with Crippen LogP contribution in [0.2, 0.25) is 0 Å². The number of aromatic nitrogens is 2. The molecule has 0 aliphatic heterocycles. The SMILES string of the molecule is [O-][NH2+]c1ccnc(Nc2ccnc(C(F)(F)F)c2)c1. The molecule has 0 aliphatic rings. The van der Waals surface area contributed by atoms with Crippen LogP contribution in [0.15, 0.2) is 36.7 Å². The quantitative estimate of drug-likeness (QED) is 0.835. The predicted octanol–water partition coefficient (Wildman–Crippen LogP) is 1.93. The van der Waals surface area contributed by atoms with E-state index in [9.17, 15) is 18.4 Å². The van der Waals surface area contributed by atoms with Gasteiger partial charge in [0, 0.05) is 30.2 Å². The standard InChI is InChI=1S/C11H9F3N4O/c12-11(13,14)9-5-7(1-3-15-9)17-10-6-8(18-19)2-4-16-10/h1-6H,18H2,(H,15,16,17). The van der Waals surface area contributed by atoms with Crippen molar-refractivity contribution >= 4 is 17.2 Å². The Morgan fingerprint density at radius 2 is 1.84 bits per heavy atom. The molecule has 3 N–H and O–H groups in total. The Morgan fingerprint density at radius 3 is 2.53 bits per heavy atom. The van der Waals surface area contributed by atoms with Gasteiger partial charge in [-0.3, -0.25) is 4.98 Å². The summed E-state index contributed by atoms with van der Waals surface area (Å²) in [5.41, 5.74) is 0.199. The van der Waals surface area contributed by atoms with Gasteiger partial charge in [0.2, 0.25) is 0 Å². The summed E-state index contributed by atoms with van der Waals surface area (Å²) in [6.45, 7) is 0. The highest BCUT2D eigenvalue weighted by molar-refractivity contribution is 5.58. The van der Waals surface area contributed by atoms with Crippen LogP contribution in [-0.2, 0) is 6.18 Å². The minimum Gasteiger partial charge on any atom is -0.630 e. The molecule has 0 radical (unpaired) electrons. The van der Waals surface area contributed by atoms with Gasteiger partial charge >= 0.3 is 6.18 Å². The van der Waals surface area contributed by atoms with Crippen LogP contribution in [0.25, 0.3) is 0 Å². The smallest absolute Gasteiger partial charge is 0.433 e. The molecule has 100 valence electrons. The Bertz CT molecular complexity index is 574. The molecule has 0 saturated carbocycles. The van der Waals surface area contributed by atoms with Crippen molar-refractivity contribution in [1.82, 2.24) is 9.97 Å². The fourth-order valence-electron chi connectivity index (χ4n) is 1.40. The maximum Gasteiger partial charge on any atom is 0.433 e. The zero-order valence-electron chi connectivity index (χ0n) is 9.48. The Labute approximate surface area is 106 Å². The van der Waals surface area contributed by atoms with E-state index in [0.717, 1.165) is 12.3 Å². The van der Waals surface area contributed by atoms with E-state index < -0.39 is 11.9 Å².